The van der Waals surface area contributed by atoms with E-state index < -0.39 is 6.10 Å². The third-order valence-electron chi connectivity index (χ3n) is 2.28. The molecule has 1 rings (SSSR count). The quantitative estimate of drug-likeness (QED) is 0.733. The van der Waals surface area contributed by atoms with E-state index in [0.717, 1.165) is 31.5 Å². The van der Waals surface area contributed by atoms with E-state index in [0.29, 0.717) is 5.02 Å². The Balaban J connectivity index is 2.33. The first-order valence-corrected chi connectivity index (χ1v) is 5.76. The number of nitrogens with one attached hydrogen (secondary N) is 1. The maximum Gasteiger partial charge on any atom is 0.0802 e. The lowest BCUT2D eigenvalue weighted by molar-refractivity contribution is 0.167. The zero-order valence-corrected chi connectivity index (χ0v) is 9.80. The highest BCUT2D eigenvalue weighted by Gasteiger charge is 2.06. The number of benzene rings is 1. The Hall–Kier alpha value is -0.570. The van der Waals surface area contributed by atoms with E-state index >= 15 is 0 Å². The second-order valence-corrected chi connectivity index (χ2v) is 4.04. The van der Waals surface area contributed by atoms with Crippen molar-refractivity contribution < 1.29 is 5.11 Å². The lowest BCUT2D eigenvalue weighted by Crippen LogP contribution is -2.18. The fourth-order valence-electron chi connectivity index (χ4n) is 1.39. The van der Waals surface area contributed by atoms with Gasteiger partial charge in [0.25, 0.3) is 0 Å². The van der Waals surface area contributed by atoms with Gasteiger partial charge in [0.1, 0.15) is 0 Å². The fourth-order valence-corrected chi connectivity index (χ4v) is 1.52. The minimum absolute atomic E-state index is 0.397. The molecule has 1 atom stereocenters. The smallest absolute Gasteiger partial charge is 0.0802 e. The zero-order chi connectivity index (χ0) is 11.1. The molecular weight excluding hydrogens is 210 g/mol. The Kier molecular flexibility index (Phi) is 5.69. The number of rotatable bonds is 6. The van der Waals surface area contributed by atoms with Gasteiger partial charge >= 0.3 is 0 Å². The van der Waals surface area contributed by atoms with E-state index in [9.17, 15) is 5.11 Å². The molecule has 2 nitrogen and oxygen atoms in total. The largest absolute Gasteiger partial charge is 0.388 e. The molecule has 0 bridgehead atoms. The van der Waals surface area contributed by atoms with Crippen LogP contribution in [-0.2, 0) is 0 Å². The second-order valence-electron chi connectivity index (χ2n) is 3.61. The van der Waals surface area contributed by atoms with Gasteiger partial charge in [0.15, 0.2) is 0 Å². The highest BCUT2D eigenvalue weighted by Crippen LogP contribution is 2.18. The predicted molar refractivity (Wildman–Crippen MR) is 64.2 cm³/mol. The zero-order valence-electron chi connectivity index (χ0n) is 9.04. The van der Waals surface area contributed by atoms with Crippen LogP contribution in [-0.4, -0.2) is 18.2 Å². The van der Waals surface area contributed by atoms with Gasteiger partial charge in [-0.2, -0.15) is 0 Å². The molecule has 0 aliphatic carbocycles. The Morgan fingerprint density at radius 1 is 1.27 bits per heavy atom. The lowest BCUT2D eigenvalue weighted by atomic mass is 10.1. The third-order valence-corrected chi connectivity index (χ3v) is 2.53. The van der Waals surface area contributed by atoms with Gasteiger partial charge in [0.05, 0.1) is 6.10 Å². The van der Waals surface area contributed by atoms with Crippen LogP contribution in [0, 0.1) is 0 Å². The molecular formula is C12H18ClNO. The van der Waals surface area contributed by atoms with Crippen LogP contribution in [0.2, 0.25) is 5.02 Å². The fraction of sp³-hybridized carbons (Fsp3) is 0.500. The van der Waals surface area contributed by atoms with E-state index in [2.05, 4.69) is 12.2 Å². The van der Waals surface area contributed by atoms with Crippen molar-refractivity contribution in [3.05, 3.63) is 34.9 Å². The summed E-state index contributed by atoms with van der Waals surface area (Å²) < 4.78 is 0. The molecule has 84 valence electrons. The van der Waals surface area contributed by atoms with Crippen LogP contribution in [0.5, 0.6) is 0 Å². The highest BCUT2D eigenvalue weighted by atomic mass is 35.5. The molecule has 0 radical (unpaired) electrons. The van der Waals surface area contributed by atoms with Crippen molar-refractivity contribution in [2.45, 2.75) is 25.9 Å². The van der Waals surface area contributed by atoms with Crippen LogP contribution in [0.15, 0.2) is 24.3 Å². The Labute approximate surface area is 96.3 Å². The van der Waals surface area contributed by atoms with Crippen molar-refractivity contribution in [2.24, 2.45) is 0 Å². The number of halogens is 1. The molecule has 0 saturated heterocycles. The minimum atomic E-state index is -0.397. The van der Waals surface area contributed by atoms with Gasteiger partial charge in [0, 0.05) is 5.02 Å². The summed E-state index contributed by atoms with van der Waals surface area (Å²) in [4.78, 5) is 0. The van der Waals surface area contributed by atoms with Crippen molar-refractivity contribution in [2.75, 3.05) is 13.1 Å². The second kappa shape index (κ2) is 6.83. The third kappa shape index (κ3) is 4.65. The topological polar surface area (TPSA) is 32.3 Å². The van der Waals surface area contributed by atoms with Gasteiger partial charge in [-0.1, -0.05) is 30.7 Å². The number of hydrogen-bond donors (Lipinski definition) is 2. The Morgan fingerprint density at radius 3 is 2.53 bits per heavy atom. The van der Waals surface area contributed by atoms with Gasteiger partial charge in [-0.05, 0) is 43.6 Å². The van der Waals surface area contributed by atoms with Crippen LogP contribution in [0.25, 0.3) is 0 Å². The number of aliphatic hydroxyl groups is 1. The first-order valence-electron chi connectivity index (χ1n) is 5.38. The van der Waals surface area contributed by atoms with Crippen molar-refractivity contribution in [1.82, 2.24) is 5.32 Å². The van der Waals surface area contributed by atoms with Crippen molar-refractivity contribution >= 4 is 11.6 Å². The van der Waals surface area contributed by atoms with Gasteiger partial charge in [-0.15, -0.1) is 0 Å². The maximum absolute atomic E-state index is 9.83. The summed E-state index contributed by atoms with van der Waals surface area (Å²) in [7, 11) is 0. The van der Waals surface area contributed by atoms with E-state index in [-0.39, 0.29) is 0 Å². The van der Waals surface area contributed by atoms with Crippen molar-refractivity contribution in [1.29, 1.82) is 0 Å². The normalized spacial score (nSPS) is 12.7. The Morgan fingerprint density at radius 2 is 1.93 bits per heavy atom. The average Bonchev–Trinajstić information content (AvgIpc) is 2.25. The lowest BCUT2D eigenvalue weighted by Gasteiger charge is -2.11. The first kappa shape index (κ1) is 12.5. The van der Waals surface area contributed by atoms with Crippen LogP contribution in [0.3, 0.4) is 0 Å². The molecule has 0 fully saturated rings. The maximum atomic E-state index is 9.83. The number of hydrogen-bond acceptors (Lipinski definition) is 2. The minimum Gasteiger partial charge on any atom is -0.388 e. The van der Waals surface area contributed by atoms with E-state index in [4.69, 9.17) is 11.6 Å². The molecule has 1 aromatic carbocycles. The summed E-state index contributed by atoms with van der Waals surface area (Å²) >= 11 is 5.77. The summed E-state index contributed by atoms with van der Waals surface area (Å²) in [5.41, 5.74) is 0.928. The van der Waals surface area contributed by atoms with Crippen molar-refractivity contribution in [3.63, 3.8) is 0 Å². The predicted octanol–water partition coefficient (Wildman–Crippen LogP) is 2.76. The first-order chi connectivity index (χ1) is 7.24. The molecule has 3 heteroatoms. The van der Waals surface area contributed by atoms with Gasteiger partial charge < -0.3 is 10.4 Å². The number of aliphatic hydroxyl groups excluding tert-OH is 1. The average molecular weight is 228 g/mol. The van der Waals surface area contributed by atoms with Gasteiger partial charge in [0.2, 0.25) is 0 Å². The molecule has 1 unspecified atom stereocenters. The molecule has 0 saturated carbocycles. The van der Waals surface area contributed by atoms with Crippen LogP contribution < -0.4 is 5.32 Å². The molecule has 0 amide bonds. The van der Waals surface area contributed by atoms with Crippen LogP contribution in [0.1, 0.15) is 31.4 Å². The molecule has 0 spiro atoms. The van der Waals surface area contributed by atoms with E-state index in [1.54, 1.807) is 12.1 Å². The van der Waals surface area contributed by atoms with Crippen LogP contribution >= 0.6 is 11.6 Å². The SMILES string of the molecule is CCCNCCC(O)c1ccc(Cl)cc1. The Bertz CT molecular complexity index is 273. The van der Waals surface area contributed by atoms with E-state index in [1.165, 1.54) is 0 Å². The van der Waals surface area contributed by atoms with E-state index in [1.807, 2.05) is 12.1 Å². The summed E-state index contributed by atoms with van der Waals surface area (Å²) in [5.74, 6) is 0. The monoisotopic (exact) mass is 227 g/mol. The molecule has 0 aliphatic rings. The van der Waals surface area contributed by atoms with Crippen LogP contribution in [0.4, 0.5) is 0 Å². The molecule has 0 aliphatic heterocycles. The highest BCUT2D eigenvalue weighted by molar-refractivity contribution is 6.30. The summed E-state index contributed by atoms with van der Waals surface area (Å²) in [6.07, 6.45) is 1.46. The van der Waals surface area contributed by atoms with Gasteiger partial charge in [-0.3, -0.25) is 0 Å². The molecule has 2 N–H and O–H groups in total. The molecule has 1 aromatic rings. The van der Waals surface area contributed by atoms with Gasteiger partial charge in [-0.25, -0.2) is 0 Å². The summed E-state index contributed by atoms with van der Waals surface area (Å²) in [6.45, 7) is 3.98. The molecule has 15 heavy (non-hydrogen) atoms. The molecule has 0 aromatic heterocycles. The summed E-state index contributed by atoms with van der Waals surface area (Å²) in [5, 5.41) is 13.8. The standard InChI is InChI=1S/C12H18ClNO/c1-2-8-14-9-7-12(15)10-3-5-11(13)6-4-10/h3-6,12,14-15H,2,7-9H2,1H3. The molecule has 0 heterocycles. The van der Waals surface area contributed by atoms with Crippen molar-refractivity contribution in [3.8, 4) is 0 Å². The summed E-state index contributed by atoms with van der Waals surface area (Å²) in [6, 6.07) is 7.35.